The first-order valence-corrected chi connectivity index (χ1v) is 5.02. The summed E-state index contributed by atoms with van der Waals surface area (Å²) in [6.07, 6.45) is -1.74. The topological polar surface area (TPSA) is 74.6 Å². The standard InChI is InChI=1S/C11H9ClO4/c1-11(16)9(14)6-3-2-5(12)4-7(6)8(13)10(11)15/h2-4,10,15-16H,1H3/t10-,11+/m0/s1. The Morgan fingerprint density at radius 2 is 1.94 bits per heavy atom. The maximum atomic E-state index is 11.8. The van der Waals surface area contributed by atoms with Gasteiger partial charge in [-0.2, -0.15) is 0 Å². The summed E-state index contributed by atoms with van der Waals surface area (Å²) in [4.78, 5) is 23.5. The smallest absolute Gasteiger partial charge is 0.197 e. The normalized spacial score (nSPS) is 29.1. The highest BCUT2D eigenvalue weighted by Gasteiger charge is 2.48. The summed E-state index contributed by atoms with van der Waals surface area (Å²) < 4.78 is 0. The van der Waals surface area contributed by atoms with Crippen LogP contribution in [0.15, 0.2) is 18.2 Å². The molecule has 1 aliphatic rings. The largest absolute Gasteiger partial charge is 0.381 e. The van der Waals surface area contributed by atoms with Crippen molar-refractivity contribution in [3.8, 4) is 0 Å². The lowest BCUT2D eigenvalue weighted by Crippen LogP contribution is -2.54. The van der Waals surface area contributed by atoms with Crippen molar-refractivity contribution in [1.29, 1.82) is 0 Å². The molecule has 0 saturated heterocycles. The molecular weight excluding hydrogens is 232 g/mol. The minimum Gasteiger partial charge on any atom is -0.381 e. The van der Waals surface area contributed by atoms with E-state index in [-0.39, 0.29) is 11.1 Å². The minimum absolute atomic E-state index is 0.0523. The van der Waals surface area contributed by atoms with Crippen LogP contribution in [0, 0.1) is 0 Å². The number of hydrogen-bond acceptors (Lipinski definition) is 4. The van der Waals surface area contributed by atoms with Gasteiger partial charge in [0.05, 0.1) is 0 Å². The van der Waals surface area contributed by atoms with E-state index in [9.17, 15) is 19.8 Å². The fourth-order valence-electron chi connectivity index (χ4n) is 1.72. The molecule has 4 nitrogen and oxygen atoms in total. The summed E-state index contributed by atoms with van der Waals surface area (Å²) in [5.74, 6) is -1.37. The van der Waals surface area contributed by atoms with Crippen molar-refractivity contribution in [2.75, 3.05) is 0 Å². The highest BCUT2D eigenvalue weighted by Crippen LogP contribution is 2.30. The lowest BCUT2D eigenvalue weighted by Gasteiger charge is -2.31. The van der Waals surface area contributed by atoms with Gasteiger partial charge in [-0.1, -0.05) is 11.6 Å². The Morgan fingerprint density at radius 1 is 1.31 bits per heavy atom. The van der Waals surface area contributed by atoms with Gasteiger partial charge in [-0.05, 0) is 25.1 Å². The van der Waals surface area contributed by atoms with E-state index in [1.165, 1.54) is 18.2 Å². The van der Waals surface area contributed by atoms with Crippen LogP contribution in [0.5, 0.6) is 0 Å². The van der Waals surface area contributed by atoms with Gasteiger partial charge in [0.25, 0.3) is 0 Å². The number of aliphatic hydroxyl groups is 2. The average molecular weight is 241 g/mol. The Morgan fingerprint density at radius 3 is 2.56 bits per heavy atom. The third kappa shape index (κ3) is 1.38. The van der Waals surface area contributed by atoms with Gasteiger partial charge in [0.15, 0.2) is 23.3 Å². The Kier molecular flexibility index (Phi) is 2.38. The number of hydrogen-bond donors (Lipinski definition) is 2. The van der Waals surface area contributed by atoms with Crippen molar-refractivity contribution in [3.05, 3.63) is 34.3 Å². The molecule has 0 heterocycles. The fourth-order valence-corrected chi connectivity index (χ4v) is 1.89. The van der Waals surface area contributed by atoms with Crippen LogP contribution >= 0.6 is 11.6 Å². The molecule has 0 saturated carbocycles. The summed E-state index contributed by atoms with van der Waals surface area (Å²) in [6.45, 7) is 1.12. The molecule has 2 rings (SSSR count). The molecule has 0 fully saturated rings. The van der Waals surface area contributed by atoms with Crippen LogP contribution in [0.2, 0.25) is 5.02 Å². The van der Waals surface area contributed by atoms with Gasteiger partial charge < -0.3 is 10.2 Å². The van der Waals surface area contributed by atoms with Crippen LogP contribution in [0.3, 0.4) is 0 Å². The Labute approximate surface area is 96.5 Å². The number of carbonyl (C=O) groups excluding carboxylic acids is 2. The molecule has 0 unspecified atom stereocenters. The SMILES string of the molecule is C[C@@]1(O)C(=O)c2ccc(Cl)cc2C(=O)[C@@H]1O. The summed E-state index contributed by atoms with van der Waals surface area (Å²) in [6, 6.07) is 4.15. The van der Waals surface area contributed by atoms with E-state index in [0.29, 0.717) is 5.02 Å². The number of halogens is 1. The highest BCUT2D eigenvalue weighted by atomic mass is 35.5. The Hall–Kier alpha value is -1.23. The molecule has 1 aromatic carbocycles. The quantitative estimate of drug-likeness (QED) is 0.704. The van der Waals surface area contributed by atoms with Crippen molar-refractivity contribution in [2.24, 2.45) is 0 Å². The Bertz CT molecular complexity index is 493. The van der Waals surface area contributed by atoms with Crippen molar-refractivity contribution >= 4 is 23.2 Å². The van der Waals surface area contributed by atoms with Gasteiger partial charge in [0.1, 0.15) is 0 Å². The number of carbonyl (C=O) groups is 2. The molecule has 1 aromatic rings. The number of ketones is 2. The monoisotopic (exact) mass is 240 g/mol. The summed E-state index contributed by atoms with van der Waals surface area (Å²) in [7, 11) is 0. The second kappa shape index (κ2) is 3.38. The summed E-state index contributed by atoms with van der Waals surface area (Å²) in [5.41, 5.74) is -1.93. The summed E-state index contributed by atoms with van der Waals surface area (Å²) >= 11 is 5.70. The molecule has 0 aliphatic heterocycles. The van der Waals surface area contributed by atoms with E-state index in [4.69, 9.17) is 11.6 Å². The lowest BCUT2D eigenvalue weighted by atomic mass is 9.77. The molecule has 0 amide bonds. The summed E-state index contributed by atoms with van der Waals surface area (Å²) in [5, 5.41) is 19.6. The minimum atomic E-state index is -2.07. The molecule has 2 N–H and O–H groups in total. The van der Waals surface area contributed by atoms with Gasteiger partial charge in [-0.15, -0.1) is 0 Å². The van der Waals surface area contributed by atoms with Gasteiger partial charge in [-0.3, -0.25) is 9.59 Å². The van der Waals surface area contributed by atoms with Crippen molar-refractivity contribution < 1.29 is 19.8 Å². The van der Waals surface area contributed by atoms with Crippen molar-refractivity contribution in [1.82, 2.24) is 0 Å². The third-order valence-corrected chi connectivity index (χ3v) is 2.97. The lowest BCUT2D eigenvalue weighted by molar-refractivity contribution is -0.0306. The van der Waals surface area contributed by atoms with E-state index in [0.717, 1.165) is 6.92 Å². The van der Waals surface area contributed by atoms with Crippen molar-refractivity contribution in [2.45, 2.75) is 18.6 Å². The molecular formula is C11H9ClO4. The number of benzene rings is 1. The van der Waals surface area contributed by atoms with Crippen molar-refractivity contribution in [3.63, 3.8) is 0 Å². The maximum Gasteiger partial charge on any atom is 0.197 e. The molecule has 2 atom stereocenters. The second-order valence-electron chi connectivity index (χ2n) is 3.93. The molecule has 0 aromatic heterocycles. The predicted octanol–water partition coefficient (Wildman–Crippen LogP) is 0.831. The van der Waals surface area contributed by atoms with Crippen LogP contribution in [-0.2, 0) is 0 Å². The molecule has 84 valence electrons. The van der Waals surface area contributed by atoms with Gasteiger partial charge in [0.2, 0.25) is 0 Å². The third-order valence-electron chi connectivity index (χ3n) is 2.73. The second-order valence-corrected chi connectivity index (χ2v) is 4.37. The van der Waals surface area contributed by atoms with E-state index in [1.54, 1.807) is 0 Å². The first-order valence-electron chi connectivity index (χ1n) is 4.64. The molecule has 0 bridgehead atoms. The molecule has 0 radical (unpaired) electrons. The maximum absolute atomic E-state index is 11.8. The number of aliphatic hydroxyl groups excluding tert-OH is 1. The average Bonchev–Trinajstić information content (AvgIpc) is 2.24. The van der Waals surface area contributed by atoms with Crippen LogP contribution in [-0.4, -0.2) is 33.5 Å². The van der Waals surface area contributed by atoms with Crippen LogP contribution < -0.4 is 0 Å². The van der Waals surface area contributed by atoms with Crippen LogP contribution in [0.1, 0.15) is 27.6 Å². The van der Waals surface area contributed by atoms with Crippen LogP contribution in [0.25, 0.3) is 0 Å². The van der Waals surface area contributed by atoms with E-state index < -0.39 is 23.3 Å². The molecule has 1 aliphatic carbocycles. The number of Topliss-reactive ketones (excluding diaryl/α,β-unsaturated/α-hetero) is 2. The Balaban J connectivity index is 2.69. The molecule has 16 heavy (non-hydrogen) atoms. The van der Waals surface area contributed by atoms with Crippen LogP contribution in [0.4, 0.5) is 0 Å². The van der Waals surface area contributed by atoms with Gasteiger partial charge in [-0.25, -0.2) is 0 Å². The first kappa shape index (κ1) is 11.3. The zero-order valence-corrected chi connectivity index (χ0v) is 9.15. The first-order chi connectivity index (χ1) is 7.35. The van der Waals surface area contributed by atoms with E-state index in [2.05, 4.69) is 0 Å². The molecule has 5 heteroatoms. The van der Waals surface area contributed by atoms with E-state index in [1.807, 2.05) is 0 Å². The number of rotatable bonds is 0. The number of fused-ring (bicyclic) bond motifs is 1. The highest BCUT2D eigenvalue weighted by molar-refractivity contribution is 6.31. The molecule has 0 spiro atoms. The van der Waals surface area contributed by atoms with Gasteiger partial charge >= 0.3 is 0 Å². The van der Waals surface area contributed by atoms with E-state index >= 15 is 0 Å². The zero-order chi connectivity index (χ0) is 12.1. The van der Waals surface area contributed by atoms with Gasteiger partial charge in [0, 0.05) is 16.1 Å². The predicted molar refractivity (Wildman–Crippen MR) is 56.7 cm³/mol. The zero-order valence-electron chi connectivity index (χ0n) is 8.40. The fraction of sp³-hybridized carbons (Fsp3) is 0.273.